The number of Topliss-reactive ketones (excluding diaryl/α,β-unsaturated/α-hetero) is 1. The molecule has 5 nitrogen and oxygen atoms in total. The lowest BCUT2D eigenvalue weighted by molar-refractivity contribution is -0.116. The maximum atomic E-state index is 12.3. The predicted octanol–water partition coefficient (Wildman–Crippen LogP) is 3.40. The molecule has 1 heterocycles. The van der Waals surface area contributed by atoms with Crippen LogP contribution in [0.3, 0.4) is 0 Å². The van der Waals surface area contributed by atoms with E-state index in [-0.39, 0.29) is 30.4 Å². The molecule has 0 saturated heterocycles. The van der Waals surface area contributed by atoms with Gasteiger partial charge in [-0.3, -0.25) is 14.4 Å². The van der Waals surface area contributed by atoms with E-state index in [0.717, 1.165) is 28.1 Å². The average molecular weight is 336 g/mol. The van der Waals surface area contributed by atoms with E-state index < -0.39 is 0 Å². The number of carbonyl (C=O) groups is 3. The largest absolute Gasteiger partial charge is 0.326 e. The summed E-state index contributed by atoms with van der Waals surface area (Å²) < 4.78 is 0. The third-order valence-corrected chi connectivity index (χ3v) is 4.14. The van der Waals surface area contributed by atoms with Crippen molar-refractivity contribution >= 4 is 29.0 Å². The number of benzene rings is 2. The maximum Gasteiger partial charge on any atom is 0.228 e. The van der Waals surface area contributed by atoms with Crippen molar-refractivity contribution in [3.63, 3.8) is 0 Å². The molecule has 0 radical (unpaired) electrons. The van der Waals surface area contributed by atoms with Gasteiger partial charge in [0.1, 0.15) is 0 Å². The lowest BCUT2D eigenvalue weighted by atomic mass is 10.0. The second kappa shape index (κ2) is 6.89. The Kier molecular flexibility index (Phi) is 4.65. The minimum absolute atomic E-state index is 0.0626. The first-order valence-electron chi connectivity index (χ1n) is 8.25. The van der Waals surface area contributed by atoms with Crippen LogP contribution in [-0.2, 0) is 16.0 Å². The van der Waals surface area contributed by atoms with E-state index in [1.165, 1.54) is 0 Å². The summed E-state index contributed by atoms with van der Waals surface area (Å²) in [6, 6.07) is 11.0. The Hall–Kier alpha value is -2.95. The molecule has 1 aliphatic heterocycles. The standard InChI is InChI=1S/C20H20N2O3/c1-12-7-13(2)9-16(8-12)21-19(24)6-5-18(23)14-3-4-17-15(10-14)11-20(25)22-17/h3-4,7-10H,5-6,11H2,1-2H3,(H,21,24)(H,22,25). The van der Waals surface area contributed by atoms with E-state index in [4.69, 9.17) is 0 Å². The molecule has 0 spiro atoms. The number of carbonyl (C=O) groups excluding carboxylic acids is 3. The van der Waals surface area contributed by atoms with Gasteiger partial charge in [-0.05, 0) is 60.9 Å². The molecule has 0 fully saturated rings. The summed E-state index contributed by atoms with van der Waals surface area (Å²) in [5.74, 6) is -0.346. The molecule has 0 atom stereocenters. The van der Waals surface area contributed by atoms with Crippen molar-refractivity contribution in [2.24, 2.45) is 0 Å². The van der Waals surface area contributed by atoms with Crippen molar-refractivity contribution < 1.29 is 14.4 Å². The molecule has 0 aromatic heterocycles. The number of nitrogens with one attached hydrogen (secondary N) is 2. The van der Waals surface area contributed by atoms with Crippen molar-refractivity contribution in [2.45, 2.75) is 33.1 Å². The van der Waals surface area contributed by atoms with Crippen molar-refractivity contribution in [1.82, 2.24) is 0 Å². The third kappa shape index (κ3) is 4.12. The number of amides is 2. The van der Waals surface area contributed by atoms with Gasteiger partial charge in [0.2, 0.25) is 11.8 Å². The number of fused-ring (bicyclic) bond motifs is 1. The summed E-state index contributed by atoms with van der Waals surface area (Å²) in [6.07, 6.45) is 0.556. The van der Waals surface area contributed by atoms with Crippen molar-refractivity contribution in [2.75, 3.05) is 10.6 Å². The molecule has 0 unspecified atom stereocenters. The number of ketones is 1. The van der Waals surface area contributed by atoms with Gasteiger partial charge in [-0.1, -0.05) is 6.07 Å². The zero-order valence-electron chi connectivity index (χ0n) is 14.3. The van der Waals surface area contributed by atoms with Gasteiger partial charge in [-0.25, -0.2) is 0 Å². The highest BCUT2D eigenvalue weighted by Crippen LogP contribution is 2.24. The molecule has 2 aromatic rings. The SMILES string of the molecule is Cc1cc(C)cc(NC(=O)CCC(=O)c2ccc3c(c2)CC(=O)N3)c1. The van der Waals surface area contributed by atoms with Crippen molar-refractivity contribution in [3.8, 4) is 0 Å². The van der Waals surface area contributed by atoms with Crippen molar-refractivity contribution in [1.29, 1.82) is 0 Å². The lowest BCUT2D eigenvalue weighted by Crippen LogP contribution is -2.13. The normalized spacial score (nSPS) is 12.5. The molecule has 5 heteroatoms. The molecule has 2 aromatic carbocycles. The Bertz CT molecular complexity index is 851. The molecule has 2 N–H and O–H groups in total. The zero-order chi connectivity index (χ0) is 18.0. The summed E-state index contributed by atoms with van der Waals surface area (Å²) in [4.78, 5) is 35.8. The molecule has 0 aliphatic carbocycles. The van der Waals surface area contributed by atoms with Crippen LogP contribution in [0, 0.1) is 13.8 Å². The van der Waals surface area contributed by atoms with E-state index in [9.17, 15) is 14.4 Å². The van der Waals surface area contributed by atoms with E-state index >= 15 is 0 Å². The van der Waals surface area contributed by atoms with Gasteiger partial charge in [-0.2, -0.15) is 0 Å². The average Bonchev–Trinajstić information content (AvgIpc) is 2.90. The Balaban J connectivity index is 1.58. The highest BCUT2D eigenvalue weighted by Gasteiger charge is 2.19. The van der Waals surface area contributed by atoms with E-state index in [1.807, 2.05) is 32.0 Å². The van der Waals surface area contributed by atoms with Crippen LogP contribution in [0.4, 0.5) is 11.4 Å². The number of hydrogen-bond donors (Lipinski definition) is 2. The van der Waals surface area contributed by atoms with Crippen LogP contribution in [0.25, 0.3) is 0 Å². The Morgan fingerprint density at radius 1 is 1.04 bits per heavy atom. The summed E-state index contributed by atoms with van der Waals surface area (Å²) in [7, 11) is 0. The number of aryl methyl sites for hydroxylation is 2. The highest BCUT2D eigenvalue weighted by molar-refractivity contribution is 6.03. The van der Waals surface area contributed by atoms with Crippen LogP contribution in [0.1, 0.15) is 39.9 Å². The van der Waals surface area contributed by atoms with Crippen LogP contribution in [-0.4, -0.2) is 17.6 Å². The van der Waals surface area contributed by atoms with Gasteiger partial charge in [0.15, 0.2) is 5.78 Å². The summed E-state index contributed by atoms with van der Waals surface area (Å²) in [5, 5.41) is 5.57. The molecule has 2 amide bonds. The monoisotopic (exact) mass is 336 g/mol. The van der Waals surface area contributed by atoms with E-state index in [1.54, 1.807) is 18.2 Å². The van der Waals surface area contributed by atoms with Gasteiger partial charge in [0, 0.05) is 29.8 Å². The molecule has 128 valence electrons. The molecular formula is C20H20N2O3. The quantitative estimate of drug-likeness (QED) is 0.822. The van der Waals surface area contributed by atoms with Gasteiger partial charge in [0.25, 0.3) is 0 Å². The smallest absolute Gasteiger partial charge is 0.228 e. The van der Waals surface area contributed by atoms with E-state index in [2.05, 4.69) is 10.6 Å². The number of hydrogen-bond acceptors (Lipinski definition) is 3. The summed E-state index contributed by atoms with van der Waals surface area (Å²) in [5.41, 5.74) is 5.02. The Morgan fingerprint density at radius 3 is 2.48 bits per heavy atom. The van der Waals surface area contributed by atoms with Crippen LogP contribution >= 0.6 is 0 Å². The summed E-state index contributed by atoms with van der Waals surface area (Å²) in [6.45, 7) is 3.94. The van der Waals surface area contributed by atoms with Crippen LogP contribution < -0.4 is 10.6 Å². The Labute approximate surface area is 146 Å². The van der Waals surface area contributed by atoms with Gasteiger partial charge >= 0.3 is 0 Å². The fourth-order valence-corrected chi connectivity index (χ4v) is 3.04. The molecule has 3 rings (SSSR count). The molecule has 0 bridgehead atoms. The number of anilines is 2. The van der Waals surface area contributed by atoms with Crippen LogP contribution in [0.15, 0.2) is 36.4 Å². The first kappa shape index (κ1) is 16.9. The van der Waals surface area contributed by atoms with Gasteiger partial charge < -0.3 is 10.6 Å². The second-order valence-corrected chi connectivity index (χ2v) is 6.44. The third-order valence-electron chi connectivity index (χ3n) is 4.14. The molecular weight excluding hydrogens is 316 g/mol. The second-order valence-electron chi connectivity index (χ2n) is 6.44. The lowest BCUT2D eigenvalue weighted by Gasteiger charge is -2.08. The van der Waals surface area contributed by atoms with Crippen LogP contribution in [0.2, 0.25) is 0 Å². The fraction of sp³-hybridized carbons (Fsp3) is 0.250. The fourth-order valence-electron chi connectivity index (χ4n) is 3.04. The molecule has 25 heavy (non-hydrogen) atoms. The minimum Gasteiger partial charge on any atom is -0.326 e. The van der Waals surface area contributed by atoms with E-state index in [0.29, 0.717) is 12.0 Å². The number of rotatable bonds is 5. The highest BCUT2D eigenvalue weighted by atomic mass is 16.2. The Morgan fingerprint density at radius 2 is 1.76 bits per heavy atom. The van der Waals surface area contributed by atoms with Crippen LogP contribution in [0.5, 0.6) is 0 Å². The van der Waals surface area contributed by atoms with Gasteiger partial charge in [0.05, 0.1) is 6.42 Å². The first-order chi connectivity index (χ1) is 11.9. The molecule has 0 saturated carbocycles. The zero-order valence-corrected chi connectivity index (χ0v) is 14.3. The first-order valence-corrected chi connectivity index (χ1v) is 8.25. The van der Waals surface area contributed by atoms with Crippen molar-refractivity contribution in [3.05, 3.63) is 58.7 Å². The minimum atomic E-state index is -0.184. The predicted molar refractivity (Wildman–Crippen MR) is 96.9 cm³/mol. The summed E-state index contributed by atoms with van der Waals surface area (Å²) >= 11 is 0. The topological polar surface area (TPSA) is 75.3 Å². The molecule has 1 aliphatic rings. The van der Waals surface area contributed by atoms with Gasteiger partial charge in [-0.15, -0.1) is 0 Å². The maximum absolute atomic E-state index is 12.3.